The molecule has 2 aliphatic rings. The maximum Gasteiger partial charge on any atom is 0.107 e. The van der Waals surface area contributed by atoms with E-state index in [-0.39, 0.29) is 24.8 Å². The second-order valence-electron chi connectivity index (χ2n) is 2.19. The lowest BCUT2D eigenvalue weighted by Crippen LogP contribution is -2.16. The molecular weight excluding hydrogens is 183 g/mol. The van der Waals surface area contributed by atoms with E-state index in [0.717, 1.165) is 13.1 Å². The van der Waals surface area contributed by atoms with Gasteiger partial charge < -0.3 is 5.32 Å². The summed E-state index contributed by atoms with van der Waals surface area (Å²) in [6.07, 6.45) is 7.26. The molecule has 0 saturated heterocycles. The van der Waals surface area contributed by atoms with Crippen LogP contribution in [0.4, 0.5) is 0 Å². The van der Waals surface area contributed by atoms with Crippen molar-refractivity contribution in [1.82, 2.24) is 5.32 Å². The standard InChI is InChI=1S/C7H8N2.2ClH/c1-2-6-4-8-5-9-7(6)3-1;;/h1,3-4,9H,2,5H2;2*1H. The molecule has 0 aromatic heterocycles. The number of hydrogen-bond acceptors (Lipinski definition) is 2. The first-order valence-corrected chi connectivity index (χ1v) is 3.10. The molecule has 1 heterocycles. The van der Waals surface area contributed by atoms with Gasteiger partial charge in [0, 0.05) is 11.9 Å². The SMILES string of the molecule is C1=CC2=C(C=NCN2)C1.Cl.Cl. The Balaban J connectivity index is 0.000000500. The van der Waals surface area contributed by atoms with Gasteiger partial charge in [-0.1, -0.05) is 6.08 Å². The number of aliphatic imine (C=N–C) groups is 1. The van der Waals surface area contributed by atoms with Gasteiger partial charge in [0.2, 0.25) is 0 Å². The Morgan fingerprint density at radius 1 is 1.36 bits per heavy atom. The monoisotopic (exact) mass is 192 g/mol. The highest BCUT2D eigenvalue weighted by Crippen LogP contribution is 2.16. The summed E-state index contributed by atoms with van der Waals surface area (Å²) >= 11 is 0. The number of nitrogens with zero attached hydrogens (tertiary/aromatic N) is 1. The van der Waals surface area contributed by atoms with Crippen LogP contribution in [0, 0.1) is 0 Å². The summed E-state index contributed by atoms with van der Waals surface area (Å²) in [4.78, 5) is 4.09. The van der Waals surface area contributed by atoms with Crippen molar-refractivity contribution in [3.8, 4) is 0 Å². The lowest BCUT2D eigenvalue weighted by atomic mass is 10.2. The predicted octanol–water partition coefficient (Wildman–Crippen LogP) is 1.68. The fourth-order valence-corrected chi connectivity index (χ4v) is 1.10. The van der Waals surface area contributed by atoms with Crippen LogP contribution in [0.1, 0.15) is 6.42 Å². The third-order valence-electron chi connectivity index (χ3n) is 1.58. The summed E-state index contributed by atoms with van der Waals surface area (Å²) in [5.74, 6) is 0. The molecule has 0 bridgehead atoms. The van der Waals surface area contributed by atoms with Crippen molar-refractivity contribution in [3.05, 3.63) is 23.4 Å². The van der Waals surface area contributed by atoms with Crippen LogP contribution in [0.2, 0.25) is 0 Å². The molecule has 62 valence electrons. The smallest absolute Gasteiger partial charge is 0.107 e. The third kappa shape index (κ3) is 1.98. The van der Waals surface area contributed by atoms with Crippen molar-refractivity contribution in [2.45, 2.75) is 6.42 Å². The molecule has 0 radical (unpaired) electrons. The Morgan fingerprint density at radius 3 is 2.91 bits per heavy atom. The van der Waals surface area contributed by atoms with Gasteiger partial charge in [0.1, 0.15) is 6.67 Å². The molecule has 1 N–H and O–H groups in total. The van der Waals surface area contributed by atoms with E-state index in [2.05, 4.69) is 22.5 Å². The molecule has 2 nitrogen and oxygen atoms in total. The minimum absolute atomic E-state index is 0. The zero-order valence-electron chi connectivity index (χ0n) is 5.91. The minimum Gasteiger partial charge on any atom is -0.366 e. The van der Waals surface area contributed by atoms with Gasteiger partial charge >= 0.3 is 0 Å². The number of allylic oxidation sites excluding steroid dienone is 3. The molecule has 0 aromatic carbocycles. The molecule has 0 saturated carbocycles. The molecule has 0 fully saturated rings. The van der Waals surface area contributed by atoms with Gasteiger partial charge in [-0.15, -0.1) is 24.8 Å². The van der Waals surface area contributed by atoms with E-state index in [0.29, 0.717) is 0 Å². The number of nitrogens with one attached hydrogen (secondary N) is 1. The lowest BCUT2D eigenvalue weighted by molar-refractivity contribution is 0.834. The van der Waals surface area contributed by atoms with Crippen molar-refractivity contribution < 1.29 is 0 Å². The van der Waals surface area contributed by atoms with Gasteiger partial charge in [-0.3, -0.25) is 4.99 Å². The summed E-state index contributed by atoms with van der Waals surface area (Å²) in [6, 6.07) is 0. The number of rotatable bonds is 0. The quantitative estimate of drug-likeness (QED) is 0.621. The van der Waals surface area contributed by atoms with Crippen LogP contribution in [-0.2, 0) is 0 Å². The second kappa shape index (κ2) is 4.42. The van der Waals surface area contributed by atoms with Crippen LogP contribution in [0.3, 0.4) is 0 Å². The van der Waals surface area contributed by atoms with Crippen LogP contribution >= 0.6 is 24.8 Å². The highest BCUT2D eigenvalue weighted by atomic mass is 35.5. The highest BCUT2D eigenvalue weighted by molar-refractivity contribution is 5.85. The summed E-state index contributed by atoms with van der Waals surface area (Å²) in [5, 5.41) is 3.18. The van der Waals surface area contributed by atoms with Crippen LogP contribution in [0.25, 0.3) is 0 Å². The molecule has 0 aromatic rings. The van der Waals surface area contributed by atoms with E-state index in [1.54, 1.807) is 0 Å². The Hall–Kier alpha value is -0.470. The van der Waals surface area contributed by atoms with Crippen molar-refractivity contribution in [1.29, 1.82) is 0 Å². The van der Waals surface area contributed by atoms with Crippen LogP contribution in [0.15, 0.2) is 28.4 Å². The average Bonchev–Trinajstić information content (AvgIpc) is 2.33. The zero-order chi connectivity index (χ0) is 6.10. The Morgan fingerprint density at radius 2 is 2.18 bits per heavy atom. The topological polar surface area (TPSA) is 24.4 Å². The van der Waals surface area contributed by atoms with Gasteiger partial charge in [-0.25, -0.2) is 0 Å². The van der Waals surface area contributed by atoms with Gasteiger partial charge in [-0.2, -0.15) is 0 Å². The maximum atomic E-state index is 4.09. The van der Waals surface area contributed by atoms with Gasteiger partial charge in [0.05, 0.1) is 0 Å². The molecule has 4 heteroatoms. The second-order valence-corrected chi connectivity index (χ2v) is 2.19. The molecule has 11 heavy (non-hydrogen) atoms. The van der Waals surface area contributed by atoms with E-state index < -0.39 is 0 Å². The first-order chi connectivity index (χ1) is 4.47. The van der Waals surface area contributed by atoms with Crippen LogP contribution < -0.4 is 5.32 Å². The molecule has 1 aliphatic heterocycles. The first kappa shape index (κ1) is 10.5. The van der Waals surface area contributed by atoms with Gasteiger partial charge in [0.15, 0.2) is 0 Å². The predicted molar refractivity (Wildman–Crippen MR) is 51.8 cm³/mol. The molecule has 0 amide bonds. The molecular formula is C7H10Cl2N2. The summed E-state index contributed by atoms with van der Waals surface area (Å²) in [5.41, 5.74) is 2.58. The lowest BCUT2D eigenvalue weighted by Gasteiger charge is -2.08. The minimum atomic E-state index is 0. The zero-order valence-corrected chi connectivity index (χ0v) is 7.54. The third-order valence-corrected chi connectivity index (χ3v) is 1.58. The highest BCUT2D eigenvalue weighted by Gasteiger charge is 2.08. The van der Waals surface area contributed by atoms with Gasteiger partial charge in [-0.05, 0) is 18.1 Å². The normalized spacial score (nSPS) is 18.2. The van der Waals surface area contributed by atoms with Crippen molar-refractivity contribution in [3.63, 3.8) is 0 Å². The fraction of sp³-hybridized carbons (Fsp3) is 0.286. The van der Waals surface area contributed by atoms with E-state index in [9.17, 15) is 0 Å². The molecule has 0 spiro atoms. The molecule has 2 rings (SSSR count). The van der Waals surface area contributed by atoms with Crippen molar-refractivity contribution in [2.75, 3.05) is 6.67 Å². The van der Waals surface area contributed by atoms with E-state index in [1.807, 2.05) is 6.21 Å². The molecule has 0 atom stereocenters. The summed E-state index contributed by atoms with van der Waals surface area (Å²) in [6.45, 7) is 0.739. The largest absolute Gasteiger partial charge is 0.366 e. The molecule has 1 aliphatic carbocycles. The van der Waals surface area contributed by atoms with Gasteiger partial charge in [0.25, 0.3) is 0 Å². The Kier molecular flexibility index (Phi) is 4.23. The van der Waals surface area contributed by atoms with E-state index in [1.165, 1.54) is 11.3 Å². The average molecular weight is 193 g/mol. The number of halogens is 2. The van der Waals surface area contributed by atoms with E-state index >= 15 is 0 Å². The maximum absolute atomic E-state index is 4.09. The fourth-order valence-electron chi connectivity index (χ4n) is 1.10. The number of hydrogen-bond donors (Lipinski definition) is 1. The Labute approximate surface area is 78.3 Å². The molecule has 0 unspecified atom stereocenters. The van der Waals surface area contributed by atoms with Crippen LogP contribution in [-0.4, -0.2) is 12.9 Å². The van der Waals surface area contributed by atoms with Crippen LogP contribution in [0.5, 0.6) is 0 Å². The van der Waals surface area contributed by atoms with Crippen molar-refractivity contribution >= 4 is 31.0 Å². The Bertz CT molecular complexity index is 218. The summed E-state index contributed by atoms with van der Waals surface area (Å²) in [7, 11) is 0. The van der Waals surface area contributed by atoms with E-state index in [4.69, 9.17) is 0 Å². The first-order valence-electron chi connectivity index (χ1n) is 3.10. The summed E-state index contributed by atoms with van der Waals surface area (Å²) < 4.78 is 0. The van der Waals surface area contributed by atoms with Crippen molar-refractivity contribution in [2.24, 2.45) is 4.99 Å².